The van der Waals surface area contributed by atoms with Crippen molar-refractivity contribution in [3.05, 3.63) is 125 Å². The van der Waals surface area contributed by atoms with Gasteiger partial charge in [-0.15, -0.1) is 11.8 Å². The SMILES string of the molecule is Fc1ccccc1[C]1c2c(cccc2-c2ccccc2F)SC1c1ccc(OCCN2CCCC2)cc1. The van der Waals surface area contributed by atoms with Gasteiger partial charge in [0.2, 0.25) is 0 Å². The Morgan fingerprint density at radius 2 is 1.38 bits per heavy atom. The third-order valence-electron chi connectivity index (χ3n) is 7.19. The summed E-state index contributed by atoms with van der Waals surface area (Å²) in [6, 6.07) is 27.7. The highest BCUT2D eigenvalue weighted by atomic mass is 32.2. The first-order chi connectivity index (χ1) is 18.2. The van der Waals surface area contributed by atoms with Crippen LogP contribution in [0.3, 0.4) is 0 Å². The van der Waals surface area contributed by atoms with E-state index >= 15 is 4.39 Å². The maximum atomic E-state index is 15.2. The maximum Gasteiger partial charge on any atom is 0.131 e. The lowest BCUT2D eigenvalue weighted by molar-refractivity contribution is 0.238. The highest BCUT2D eigenvalue weighted by molar-refractivity contribution is 8.00. The van der Waals surface area contributed by atoms with Crippen LogP contribution in [0.15, 0.2) is 95.9 Å². The van der Waals surface area contributed by atoms with E-state index in [2.05, 4.69) is 17.0 Å². The van der Waals surface area contributed by atoms with Crippen LogP contribution in [0.5, 0.6) is 5.75 Å². The molecular weight excluding hydrogens is 484 g/mol. The van der Waals surface area contributed by atoms with Gasteiger partial charge in [-0.1, -0.05) is 60.7 Å². The second-order valence-corrected chi connectivity index (χ2v) is 10.7. The number of halogens is 2. The van der Waals surface area contributed by atoms with Gasteiger partial charge in [-0.25, -0.2) is 8.78 Å². The lowest BCUT2D eigenvalue weighted by atomic mass is 9.81. The van der Waals surface area contributed by atoms with Crippen LogP contribution in [-0.2, 0) is 0 Å². The second kappa shape index (κ2) is 10.7. The topological polar surface area (TPSA) is 12.5 Å². The Labute approximate surface area is 221 Å². The second-order valence-electron chi connectivity index (χ2n) is 9.52. The number of nitrogens with zero attached hydrogens (tertiary/aromatic N) is 1. The van der Waals surface area contributed by atoms with Crippen LogP contribution < -0.4 is 4.74 Å². The van der Waals surface area contributed by atoms with Gasteiger partial charge in [0.1, 0.15) is 24.0 Å². The van der Waals surface area contributed by atoms with Gasteiger partial charge in [-0.2, -0.15) is 0 Å². The molecule has 2 nitrogen and oxygen atoms in total. The van der Waals surface area contributed by atoms with E-state index in [0.717, 1.165) is 52.9 Å². The maximum absolute atomic E-state index is 15.2. The summed E-state index contributed by atoms with van der Waals surface area (Å²) in [6.07, 6.45) is 2.55. The first-order valence-electron chi connectivity index (χ1n) is 12.8. The molecule has 1 saturated heterocycles. The largest absolute Gasteiger partial charge is 0.492 e. The zero-order valence-corrected chi connectivity index (χ0v) is 21.3. The summed E-state index contributed by atoms with van der Waals surface area (Å²) in [7, 11) is 0. The summed E-state index contributed by atoms with van der Waals surface area (Å²) >= 11 is 1.68. The minimum atomic E-state index is -0.285. The van der Waals surface area contributed by atoms with Crippen molar-refractivity contribution in [2.45, 2.75) is 23.0 Å². The molecule has 4 aromatic rings. The van der Waals surface area contributed by atoms with Crippen LogP contribution in [0.2, 0.25) is 0 Å². The third-order valence-corrected chi connectivity index (χ3v) is 8.53. The summed E-state index contributed by atoms with van der Waals surface area (Å²) in [5, 5.41) is -0.126. The Hall–Kier alpha value is -3.15. The Morgan fingerprint density at radius 3 is 2.08 bits per heavy atom. The molecular formula is C32H28F2NOS. The molecule has 0 amide bonds. The fourth-order valence-electron chi connectivity index (χ4n) is 5.36. The number of benzene rings is 4. The Bertz CT molecular complexity index is 1380. The molecule has 1 radical (unpaired) electrons. The van der Waals surface area contributed by atoms with Crippen molar-refractivity contribution < 1.29 is 13.5 Å². The summed E-state index contributed by atoms with van der Waals surface area (Å²) in [4.78, 5) is 3.46. The predicted octanol–water partition coefficient (Wildman–Crippen LogP) is 7.92. The van der Waals surface area contributed by atoms with Crippen molar-refractivity contribution >= 4 is 11.8 Å². The fraction of sp³-hybridized carbons (Fsp3) is 0.219. The van der Waals surface area contributed by atoms with Crippen molar-refractivity contribution in [1.82, 2.24) is 4.90 Å². The molecule has 1 fully saturated rings. The highest BCUT2D eigenvalue weighted by Gasteiger charge is 2.39. The van der Waals surface area contributed by atoms with Gasteiger partial charge in [-0.05, 0) is 73.0 Å². The van der Waals surface area contributed by atoms with Crippen molar-refractivity contribution in [1.29, 1.82) is 0 Å². The molecule has 4 aromatic carbocycles. The van der Waals surface area contributed by atoms with Crippen LogP contribution >= 0.6 is 11.8 Å². The number of thioether (sulfide) groups is 1. The summed E-state index contributed by atoms with van der Waals surface area (Å²) in [5.74, 6) is 1.15. The molecule has 0 aromatic heterocycles. The van der Waals surface area contributed by atoms with Gasteiger partial charge < -0.3 is 4.74 Å². The van der Waals surface area contributed by atoms with E-state index in [1.807, 2.05) is 48.5 Å². The molecule has 2 heterocycles. The van der Waals surface area contributed by atoms with Crippen LogP contribution in [0.25, 0.3) is 11.1 Å². The Morgan fingerprint density at radius 1 is 0.730 bits per heavy atom. The van der Waals surface area contributed by atoms with E-state index in [1.165, 1.54) is 25.0 Å². The molecule has 1 unspecified atom stereocenters. The zero-order valence-electron chi connectivity index (χ0n) is 20.5. The lowest BCUT2D eigenvalue weighted by Crippen LogP contribution is -2.25. The molecule has 187 valence electrons. The van der Waals surface area contributed by atoms with Crippen LogP contribution in [-0.4, -0.2) is 31.1 Å². The van der Waals surface area contributed by atoms with Gasteiger partial charge >= 0.3 is 0 Å². The zero-order chi connectivity index (χ0) is 25.2. The molecule has 1 atom stereocenters. The molecule has 0 bridgehead atoms. The van der Waals surface area contributed by atoms with Crippen LogP contribution in [0, 0.1) is 17.6 Å². The molecule has 2 aliphatic rings. The number of fused-ring (bicyclic) bond motifs is 1. The smallest absolute Gasteiger partial charge is 0.131 e. The van der Waals surface area contributed by atoms with Gasteiger partial charge in [0.15, 0.2) is 0 Å². The molecule has 5 heteroatoms. The minimum Gasteiger partial charge on any atom is -0.492 e. The number of hydrogen-bond donors (Lipinski definition) is 0. The van der Waals surface area contributed by atoms with Crippen molar-refractivity contribution in [2.24, 2.45) is 0 Å². The number of likely N-dealkylation sites (tertiary alicyclic amines) is 1. The molecule has 0 saturated carbocycles. The van der Waals surface area contributed by atoms with E-state index in [9.17, 15) is 4.39 Å². The monoisotopic (exact) mass is 512 g/mol. The first-order valence-corrected chi connectivity index (χ1v) is 13.7. The van der Waals surface area contributed by atoms with Gasteiger partial charge in [-0.3, -0.25) is 4.90 Å². The first kappa shape index (κ1) is 24.2. The highest BCUT2D eigenvalue weighted by Crippen LogP contribution is 2.59. The summed E-state index contributed by atoms with van der Waals surface area (Å²) < 4.78 is 36.2. The number of rotatable bonds is 7. The van der Waals surface area contributed by atoms with Crippen molar-refractivity contribution in [3.63, 3.8) is 0 Å². The Kier molecular flexibility index (Phi) is 6.99. The average Bonchev–Trinajstić information content (AvgIpc) is 3.58. The summed E-state index contributed by atoms with van der Waals surface area (Å²) in [5.41, 5.74) is 3.82. The number of ether oxygens (including phenoxy) is 1. The van der Waals surface area contributed by atoms with Crippen molar-refractivity contribution in [2.75, 3.05) is 26.2 Å². The van der Waals surface area contributed by atoms with Gasteiger partial charge in [0, 0.05) is 27.8 Å². The quantitative estimate of drug-likeness (QED) is 0.250. The third kappa shape index (κ3) is 4.90. The molecule has 37 heavy (non-hydrogen) atoms. The molecule has 2 aliphatic heterocycles. The van der Waals surface area contributed by atoms with E-state index in [0.29, 0.717) is 17.7 Å². The fourth-order valence-corrected chi connectivity index (χ4v) is 6.76. The molecule has 6 rings (SSSR count). The normalized spacial score (nSPS) is 17.7. The minimum absolute atomic E-state index is 0.126. The van der Waals surface area contributed by atoms with E-state index in [4.69, 9.17) is 4.74 Å². The summed E-state index contributed by atoms with van der Waals surface area (Å²) in [6.45, 7) is 3.93. The average molecular weight is 513 g/mol. The Balaban J connectivity index is 1.34. The van der Waals surface area contributed by atoms with Gasteiger partial charge in [0.25, 0.3) is 0 Å². The van der Waals surface area contributed by atoms with Crippen molar-refractivity contribution in [3.8, 4) is 16.9 Å². The van der Waals surface area contributed by atoms with Crippen LogP contribution in [0.1, 0.15) is 34.8 Å². The van der Waals surface area contributed by atoms with E-state index < -0.39 is 0 Å². The predicted molar refractivity (Wildman–Crippen MR) is 146 cm³/mol. The standard InChI is InChI=1S/C32H28F2NOS/c33-27-11-3-1-8-24(27)25-10-7-13-29-30(25)31(26-9-2-4-12-28(26)34)32(37-29)22-14-16-23(17-15-22)36-21-20-35-18-5-6-19-35/h1-4,7-17,32H,5-6,18-21H2. The van der Waals surface area contributed by atoms with E-state index in [-0.39, 0.29) is 16.9 Å². The lowest BCUT2D eigenvalue weighted by Gasteiger charge is -2.22. The van der Waals surface area contributed by atoms with E-state index in [1.54, 1.807) is 30.0 Å². The molecule has 0 spiro atoms. The molecule has 0 N–H and O–H groups in total. The van der Waals surface area contributed by atoms with Crippen LogP contribution in [0.4, 0.5) is 8.78 Å². The molecule has 0 aliphatic carbocycles. The van der Waals surface area contributed by atoms with Gasteiger partial charge in [0.05, 0.1) is 5.92 Å². The number of hydrogen-bond acceptors (Lipinski definition) is 3.